The third kappa shape index (κ3) is 3.81. The number of nitrogens with zero attached hydrogens (tertiary/aromatic N) is 2. The van der Waals surface area contributed by atoms with Gasteiger partial charge in [-0.3, -0.25) is 4.79 Å². The van der Waals surface area contributed by atoms with Gasteiger partial charge in [0.2, 0.25) is 0 Å². The van der Waals surface area contributed by atoms with Gasteiger partial charge >= 0.3 is 6.18 Å². The van der Waals surface area contributed by atoms with Gasteiger partial charge in [0.25, 0.3) is 5.91 Å². The Labute approximate surface area is 179 Å². The van der Waals surface area contributed by atoms with E-state index in [4.69, 9.17) is 0 Å². The number of halogens is 3. The highest BCUT2D eigenvalue weighted by atomic mass is 19.4. The number of nitrogens with one attached hydrogen (secondary N) is 2. The Balaban J connectivity index is 1.36. The van der Waals surface area contributed by atoms with Crippen LogP contribution in [0.25, 0.3) is 0 Å². The van der Waals surface area contributed by atoms with Crippen molar-refractivity contribution in [1.82, 2.24) is 15.1 Å². The molecule has 2 heterocycles. The summed E-state index contributed by atoms with van der Waals surface area (Å²) in [6, 6.07) is 8.21. The van der Waals surface area contributed by atoms with Crippen LogP contribution in [-0.4, -0.2) is 27.9 Å². The summed E-state index contributed by atoms with van der Waals surface area (Å²) in [7, 11) is 0. The van der Waals surface area contributed by atoms with Crippen LogP contribution in [0.2, 0.25) is 0 Å². The van der Waals surface area contributed by atoms with Crippen LogP contribution in [0.5, 0.6) is 0 Å². The number of hydrogen-bond acceptors (Lipinski definition) is 3. The molecule has 5 nitrogen and oxygen atoms in total. The van der Waals surface area contributed by atoms with Crippen molar-refractivity contribution in [2.45, 2.75) is 63.3 Å². The van der Waals surface area contributed by atoms with E-state index in [1.165, 1.54) is 25.3 Å². The molecule has 2 aliphatic carbocycles. The quantitative estimate of drug-likeness (QED) is 0.707. The molecule has 0 spiro atoms. The van der Waals surface area contributed by atoms with Crippen molar-refractivity contribution < 1.29 is 18.0 Å². The van der Waals surface area contributed by atoms with Crippen LogP contribution in [0, 0.1) is 17.8 Å². The zero-order valence-corrected chi connectivity index (χ0v) is 17.4. The summed E-state index contributed by atoms with van der Waals surface area (Å²) in [5, 5.41) is 10.2. The molecule has 2 fully saturated rings. The molecular weight excluding hydrogens is 405 g/mol. The van der Waals surface area contributed by atoms with Gasteiger partial charge in [-0.25, -0.2) is 4.68 Å². The fourth-order valence-electron chi connectivity index (χ4n) is 5.88. The van der Waals surface area contributed by atoms with Crippen LogP contribution in [0.1, 0.15) is 67.2 Å². The first kappa shape index (κ1) is 20.4. The van der Waals surface area contributed by atoms with Gasteiger partial charge in [0.05, 0.1) is 6.04 Å². The van der Waals surface area contributed by atoms with E-state index in [1.807, 2.05) is 37.3 Å². The van der Waals surface area contributed by atoms with Crippen LogP contribution in [0.3, 0.4) is 0 Å². The van der Waals surface area contributed by atoms with E-state index in [-0.39, 0.29) is 24.0 Å². The smallest absolute Gasteiger partial charge is 0.363 e. The van der Waals surface area contributed by atoms with E-state index >= 15 is 0 Å². The molecule has 1 amide bonds. The molecule has 2 bridgehead atoms. The van der Waals surface area contributed by atoms with Gasteiger partial charge < -0.3 is 10.6 Å². The first-order chi connectivity index (χ1) is 14.8. The molecule has 2 saturated carbocycles. The van der Waals surface area contributed by atoms with Crippen molar-refractivity contribution in [2.75, 3.05) is 5.32 Å². The lowest BCUT2D eigenvalue weighted by Gasteiger charge is -2.33. The monoisotopic (exact) mass is 432 g/mol. The lowest BCUT2D eigenvalue weighted by atomic mass is 9.84. The standard InChI is InChI=1S/C23H27F3N4O/c1-13(17-10-14-7-8-16(17)9-14)27-22(31)19-12-21-28-18(15-5-3-2-4-6-15)11-20(23(24,25)26)30(21)29-19/h2-6,12-14,16-18,20,28H,7-11H2,1H3,(H,27,31)/t13-,14+,16+,17+,18+,20-/m0/s1. The Morgan fingerprint density at radius 1 is 1.19 bits per heavy atom. The number of carbonyl (C=O) groups excluding carboxylic acids is 1. The van der Waals surface area contributed by atoms with Gasteiger partial charge in [-0.1, -0.05) is 36.8 Å². The topological polar surface area (TPSA) is 59.0 Å². The number of benzene rings is 1. The second-order valence-corrected chi connectivity index (χ2v) is 9.36. The van der Waals surface area contributed by atoms with Crippen LogP contribution in [-0.2, 0) is 0 Å². The highest BCUT2D eigenvalue weighted by Gasteiger charge is 2.47. The van der Waals surface area contributed by atoms with Crippen molar-refractivity contribution in [3.05, 3.63) is 47.7 Å². The zero-order chi connectivity index (χ0) is 21.8. The number of hydrogen-bond donors (Lipinski definition) is 2. The molecule has 6 atom stereocenters. The molecule has 166 valence electrons. The predicted molar refractivity (Wildman–Crippen MR) is 111 cm³/mol. The molecule has 3 aliphatic rings. The largest absolute Gasteiger partial charge is 0.410 e. The van der Waals surface area contributed by atoms with Gasteiger partial charge in [-0.2, -0.15) is 18.3 Å². The van der Waals surface area contributed by atoms with Gasteiger partial charge in [0.1, 0.15) is 5.82 Å². The number of amides is 1. The van der Waals surface area contributed by atoms with E-state index in [0.717, 1.165) is 22.6 Å². The third-order valence-electron chi connectivity index (χ3n) is 7.42. The summed E-state index contributed by atoms with van der Waals surface area (Å²) in [6.45, 7) is 2.00. The molecule has 1 aromatic heterocycles. The minimum atomic E-state index is -4.46. The second kappa shape index (κ2) is 7.57. The number of rotatable bonds is 4. The minimum absolute atomic E-state index is 0.00929. The number of aromatic nitrogens is 2. The molecule has 1 aromatic carbocycles. The number of carbonyl (C=O) groups is 1. The maximum absolute atomic E-state index is 13.8. The third-order valence-corrected chi connectivity index (χ3v) is 7.42. The van der Waals surface area contributed by atoms with E-state index in [0.29, 0.717) is 11.8 Å². The summed E-state index contributed by atoms with van der Waals surface area (Å²) in [5.74, 6) is 1.68. The second-order valence-electron chi connectivity index (χ2n) is 9.36. The number of fused-ring (bicyclic) bond motifs is 3. The van der Waals surface area contributed by atoms with E-state index < -0.39 is 24.2 Å². The molecule has 1 aliphatic heterocycles. The molecule has 0 radical (unpaired) electrons. The summed E-state index contributed by atoms with van der Waals surface area (Å²) in [6.07, 6.45) is 0.226. The molecule has 31 heavy (non-hydrogen) atoms. The summed E-state index contributed by atoms with van der Waals surface area (Å²) in [4.78, 5) is 12.8. The Kier molecular flexibility index (Phi) is 4.98. The average Bonchev–Trinajstić information content (AvgIpc) is 3.48. The number of anilines is 1. The Morgan fingerprint density at radius 2 is 1.97 bits per heavy atom. The van der Waals surface area contributed by atoms with Crippen LogP contribution >= 0.6 is 0 Å². The zero-order valence-electron chi connectivity index (χ0n) is 17.4. The molecule has 2 aromatic rings. The van der Waals surface area contributed by atoms with Crippen molar-refractivity contribution in [3.8, 4) is 0 Å². The Hall–Kier alpha value is -2.51. The van der Waals surface area contributed by atoms with Gasteiger partial charge in [0.15, 0.2) is 11.7 Å². The van der Waals surface area contributed by atoms with Crippen LogP contribution < -0.4 is 10.6 Å². The fraction of sp³-hybridized carbons (Fsp3) is 0.565. The first-order valence-electron chi connectivity index (χ1n) is 11.1. The number of alkyl halides is 3. The van der Waals surface area contributed by atoms with Crippen molar-refractivity contribution in [2.24, 2.45) is 17.8 Å². The van der Waals surface area contributed by atoms with E-state index in [2.05, 4.69) is 15.7 Å². The van der Waals surface area contributed by atoms with Crippen molar-refractivity contribution in [3.63, 3.8) is 0 Å². The molecule has 5 rings (SSSR count). The lowest BCUT2D eigenvalue weighted by Crippen LogP contribution is -2.40. The maximum Gasteiger partial charge on any atom is 0.410 e. The Bertz CT molecular complexity index is 957. The predicted octanol–water partition coefficient (Wildman–Crippen LogP) is 5.10. The highest BCUT2D eigenvalue weighted by Crippen LogP contribution is 2.49. The molecular formula is C23H27F3N4O. The van der Waals surface area contributed by atoms with Crippen molar-refractivity contribution >= 4 is 11.7 Å². The van der Waals surface area contributed by atoms with Gasteiger partial charge in [-0.05, 0) is 49.5 Å². The van der Waals surface area contributed by atoms with E-state index in [1.54, 1.807) is 0 Å². The van der Waals surface area contributed by atoms with Crippen LogP contribution in [0.15, 0.2) is 36.4 Å². The maximum atomic E-state index is 13.8. The van der Waals surface area contributed by atoms with Crippen LogP contribution in [0.4, 0.5) is 19.0 Å². The Morgan fingerprint density at radius 3 is 2.61 bits per heavy atom. The van der Waals surface area contributed by atoms with E-state index in [9.17, 15) is 18.0 Å². The lowest BCUT2D eigenvalue weighted by molar-refractivity contribution is -0.173. The van der Waals surface area contributed by atoms with Crippen molar-refractivity contribution in [1.29, 1.82) is 0 Å². The highest BCUT2D eigenvalue weighted by molar-refractivity contribution is 5.93. The molecule has 2 N–H and O–H groups in total. The SMILES string of the molecule is C[C@H](NC(=O)c1cc2n(n1)[C@H](C(F)(F)F)C[C@H](c1ccccc1)N2)[C@H]1C[C@@H]2CC[C@@H]1C2. The minimum Gasteiger partial charge on any atom is -0.363 e. The molecule has 0 saturated heterocycles. The fourth-order valence-corrected chi connectivity index (χ4v) is 5.88. The van der Waals surface area contributed by atoms with Gasteiger partial charge in [-0.15, -0.1) is 0 Å². The first-order valence-corrected chi connectivity index (χ1v) is 11.1. The normalized spacial score (nSPS) is 30.5. The average molecular weight is 432 g/mol. The van der Waals surface area contributed by atoms with Gasteiger partial charge in [0, 0.05) is 18.5 Å². The summed E-state index contributed by atoms with van der Waals surface area (Å²) < 4.78 is 42.4. The summed E-state index contributed by atoms with van der Waals surface area (Å²) in [5.41, 5.74) is 0.806. The molecule has 0 unspecified atom stereocenters. The summed E-state index contributed by atoms with van der Waals surface area (Å²) >= 11 is 0. The molecule has 8 heteroatoms.